The molecule has 4 rings (SSSR count). The fourth-order valence-corrected chi connectivity index (χ4v) is 4.52. The maximum atomic E-state index is 12.5. The lowest BCUT2D eigenvalue weighted by Crippen LogP contribution is -2.41. The Labute approximate surface area is 157 Å². The summed E-state index contributed by atoms with van der Waals surface area (Å²) in [6.45, 7) is 2.78. The second-order valence-corrected chi connectivity index (χ2v) is 7.91. The Kier molecular flexibility index (Phi) is 4.93. The standard InChI is InChI=1S/C20H24N4OS/c1-23-14-16(17-6-2-3-7-18(17)23)11-19(25)22-12-15-5-4-9-24(13-15)20-21-8-10-26-20/h2-3,6-8,10,14-15H,4-5,9,11-13H2,1H3,(H,22,25). The van der Waals surface area contributed by atoms with Gasteiger partial charge in [0.25, 0.3) is 0 Å². The molecule has 1 N–H and O–H groups in total. The summed E-state index contributed by atoms with van der Waals surface area (Å²) in [5, 5.41) is 7.43. The number of aryl methyl sites for hydroxylation is 1. The van der Waals surface area contributed by atoms with Crippen molar-refractivity contribution in [1.82, 2.24) is 14.9 Å². The van der Waals surface area contributed by atoms with Crippen LogP contribution in [-0.2, 0) is 18.3 Å². The molecule has 5 nitrogen and oxygen atoms in total. The van der Waals surface area contributed by atoms with Crippen molar-refractivity contribution in [2.24, 2.45) is 13.0 Å². The number of amides is 1. The molecule has 1 amide bonds. The zero-order valence-electron chi connectivity index (χ0n) is 15.0. The molecule has 0 saturated carbocycles. The number of rotatable bonds is 5. The van der Waals surface area contributed by atoms with Crippen LogP contribution in [0.2, 0.25) is 0 Å². The maximum absolute atomic E-state index is 12.5. The second-order valence-electron chi connectivity index (χ2n) is 7.03. The third-order valence-corrected chi connectivity index (χ3v) is 5.96. The molecule has 1 atom stereocenters. The molecule has 3 aromatic rings. The maximum Gasteiger partial charge on any atom is 0.224 e. The van der Waals surface area contributed by atoms with Crippen LogP contribution in [0.4, 0.5) is 5.13 Å². The van der Waals surface area contributed by atoms with Gasteiger partial charge >= 0.3 is 0 Å². The van der Waals surface area contributed by atoms with Gasteiger partial charge in [-0.2, -0.15) is 0 Å². The van der Waals surface area contributed by atoms with Gasteiger partial charge in [0.2, 0.25) is 5.91 Å². The molecule has 1 unspecified atom stereocenters. The zero-order chi connectivity index (χ0) is 17.9. The van der Waals surface area contributed by atoms with E-state index in [1.165, 1.54) is 5.52 Å². The summed E-state index contributed by atoms with van der Waals surface area (Å²) in [5.41, 5.74) is 2.26. The van der Waals surface area contributed by atoms with E-state index < -0.39 is 0 Å². The highest BCUT2D eigenvalue weighted by Crippen LogP contribution is 2.24. The number of hydrogen-bond donors (Lipinski definition) is 1. The highest BCUT2D eigenvalue weighted by molar-refractivity contribution is 7.13. The van der Waals surface area contributed by atoms with Crippen LogP contribution < -0.4 is 10.2 Å². The van der Waals surface area contributed by atoms with E-state index in [0.717, 1.165) is 48.6 Å². The molecule has 1 saturated heterocycles. The van der Waals surface area contributed by atoms with E-state index in [2.05, 4.69) is 38.1 Å². The zero-order valence-corrected chi connectivity index (χ0v) is 15.8. The summed E-state index contributed by atoms with van der Waals surface area (Å²) in [5.74, 6) is 0.594. The first-order valence-electron chi connectivity index (χ1n) is 9.15. The number of thiazole rings is 1. The van der Waals surface area contributed by atoms with Gasteiger partial charge in [0.1, 0.15) is 0 Å². The van der Waals surface area contributed by atoms with Crippen LogP contribution in [0.1, 0.15) is 18.4 Å². The van der Waals surface area contributed by atoms with Gasteiger partial charge in [-0.05, 0) is 30.4 Å². The molecule has 0 radical (unpaired) electrons. The Bertz CT molecular complexity index is 886. The number of benzene rings is 1. The van der Waals surface area contributed by atoms with Gasteiger partial charge in [0.15, 0.2) is 5.13 Å². The van der Waals surface area contributed by atoms with Gasteiger partial charge < -0.3 is 14.8 Å². The number of nitrogens with zero attached hydrogens (tertiary/aromatic N) is 3. The number of piperidine rings is 1. The summed E-state index contributed by atoms with van der Waals surface area (Å²) in [6.07, 6.45) is 6.68. The average Bonchev–Trinajstić information content (AvgIpc) is 3.30. The number of nitrogens with one attached hydrogen (secondary N) is 1. The minimum absolute atomic E-state index is 0.104. The van der Waals surface area contributed by atoms with Crippen molar-refractivity contribution in [3.8, 4) is 0 Å². The predicted molar refractivity (Wildman–Crippen MR) is 107 cm³/mol. The summed E-state index contributed by atoms with van der Waals surface area (Å²) in [7, 11) is 2.03. The number of hydrogen-bond acceptors (Lipinski definition) is 4. The minimum Gasteiger partial charge on any atom is -0.355 e. The van der Waals surface area contributed by atoms with E-state index in [1.54, 1.807) is 11.3 Å². The first kappa shape index (κ1) is 17.1. The van der Waals surface area contributed by atoms with Crippen molar-refractivity contribution in [2.45, 2.75) is 19.3 Å². The molecule has 1 aliphatic rings. The Morgan fingerprint density at radius 1 is 1.38 bits per heavy atom. The van der Waals surface area contributed by atoms with Crippen LogP contribution in [0.5, 0.6) is 0 Å². The Balaban J connectivity index is 1.33. The number of para-hydroxylation sites is 1. The molecule has 1 aliphatic heterocycles. The number of carbonyl (C=O) groups excluding carboxylic acids is 1. The molecule has 26 heavy (non-hydrogen) atoms. The molecule has 2 aromatic heterocycles. The normalized spacial score (nSPS) is 17.6. The van der Waals surface area contributed by atoms with E-state index in [-0.39, 0.29) is 5.91 Å². The molecule has 1 aromatic carbocycles. The molecular formula is C20H24N4OS. The Morgan fingerprint density at radius 2 is 2.27 bits per heavy atom. The van der Waals surface area contributed by atoms with Crippen LogP contribution in [0.15, 0.2) is 42.0 Å². The van der Waals surface area contributed by atoms with E-state index >= 15 is 0 Å². The number of carbonyl (C=O) groups is 1. The van der Waals surface area contributed by atoms with Gasteiger partial charge in [-0.1, -0.05) is 18.2 Å². The van der Waals surface area contributed by atoms with Crippen molar-refractivity contribution in [3.63, 3.8) is 0 Å². The van der Waals surface area contributed by atoms with E-state index in [1.807, 2.05) is 30.8 Å². The van der Waals surface area contributed by atoms with Crippen LogP contribution in [0.3, 0.4) is 0 Å². The number of fused-ring (bicyclic) bond motifs is 1. The van der Waals surface area contributed by atoms with E-state index in [0.29, 0.717) is 12.3 Å². The highest BCUT2D eigenvalue weighted by Gasteiger charge is 2.22. The minimum atomic E-state index is 0.104. The first-order chi connectivity index (χ1) is 12.7. The molecular weight excluding hydrogens is 344 g/mol. The van der Waals surface area contributed by atoms with Gasteiger partial charge in [0.05, 0.1) is 6.42 Å². The lowest BCUT2D eigenvalue weighted by atomic mass is 9.98. The largest absolute Gasteiger partial charge is 0.355 e. The molecule has 0 aliphatic carbocycles. The fourth-order valence-electron chi connectivity index (χ4n) is 3.84. The highest BCUT2D eigenvalue weighted by atomic mass is 32.1. The average molecular weight is 369 g/mol. The van der Waals surface area contributed by atoms with Gasteiger partial charge in [-0.3, -0.25) is 4.79 Å². The van der Waals surface area contributed by atoms with Gasteiger partial charge in [-0.25, -0.2) is 4.98 Å². The summed E-state index contributed by atoms with van der Waals surface area (Å²) < 4.78 is 2.09. The van der Waals surface area contributed by atoms with Gasteiger partial charge in [0, 0.05) is 55.4 Å². The van der Waals surface area contributed by atoms with Gasteiger partial charge in [-0.15, -0.1) is 11.3 Å². The van der Waals surface area contributed by atoms with Crippen LogP contribution in [0, 0.1) is 5.92 Å². The smallest absolute Gasteiger partial charge is 0.224 e. The summed E-state index contributed by atoms with van der Waals surface area (Å²) in [4.78, 5) is 19.2. The third-order valence-electron chi connectivity index (χ3n) is 5.13. The van der Waals surface area contributed by atoms with Crippen molar-refractivity contribution in [3.05, 3.63) is 47.6 Å². The van der Waals surface area contributed by atoms with Crippen molar-refractivity contribution in [1.29, 1.82) is 0 Å². The third kappa shape index (κ3) is 3.60. The SMILES string of the molecule is Cn1cc(CC(=O)NCC2CCCN(c3nccs3)C2)c2ccccc21. The summed E-state index contributed by atoms with van der Waals surface area (Å²) >= 11 is 1.69. The first-order valence-corrected chi connectivity index (χ1v) is 10.0. The summed E-state index contributed by atoms with van der Waals surface area (Å²) in [6, 6.07) is 8.24. The van der Waals surface area contributed by atoms with Crippen molar-refractivity contribution in [2.75, 3.05) is 24.5 Å². The molecule has 0 bridgehead atoms. The molecule has 3 heterocycles. The molecule has 0 spiro atoms. The molecule has 6 heteroatoms. The van der Waals surface area contributed by atoms with E-state index in [4.69, 9.17) is 0 Å². The number of anilines is 1. The molecule has 136 valence electrons. The van der Waals surface area contributed by atoms with Crippen molar-refractivity contribution >= 4 is 33.3 Å². The van der Waals surface area contributed by atoms with E-state index in [9.17, 15) is 4.79 Å². The Hall–Kier alpha value is -2.34. The second kappa shape index (κ2) is 7.50. The number of aromatic nitrogens is 2. The monoisotopic (exact) mass is 368 g/mol. The van der Waals surface area contributed by atoms with Crippen LogP contribution in [-0.4, -0.2) is 35.1 Å². The predicted octanol–water partition coefficient (Wildman–Crippen LogP) is 3.21. The lowest BCUT2D eigenvalue weighted by Gasteiger charge is -2.32. The molecule has 1 fully saturated rings. The van der Waals surface area contributed by atoms with Crippen LogP contribution in [0.25, 0.3) is 10.9 Å². The van der Waals surface area contributed by atoms with Crippen LogP contribution >= 0.6 is 11.3 Å². The van der Waals surface area contributed by atoms with Crippen molar-refractivity contribution < 1.29 is 4.79 Å². The Morgan fingerprint density at radius 3 is 3.12 bits per heavy atom. The topological polar surface area (TPSA) is 50.2 Å². The lowest BCUT2D eigenvalue weighted by molar-refractivity contribution is -0.120. The fraction of sp³-hybridized carbons (Fsp3) is 0.400. The quantitative estimate of drug-likeness (QED) is 0.752.